The summed E-state index contributed by atoms with van der Waals surface area (Å²) in [5, 5.41) is 2.42. The van der Waals surface area contributed by atoms with Crippen LogP contribution in [-0.2, 0) is 11.2 Å². The summed E-state index contributed by atoms with van der Waals surface area (Å²) in [6.07, 6.45) is 0.886. The fraction of sp³-hybridized carbons (Fsp3) is 0.529. The first-order valence-corrected chi connectivity index (χ1v) is 7.69. The van der Waals surface area contributed by atoms with Crippen molar-refractivity contribution in [3.63, 3.8) is 0 Å². The van der Waals surface area contributed by atoms with Crippen molar-refractivity contribution in [3.8, 4) is 0 Å². The summed E-state index contributed by atoms with van der Waals surface area (Å²) in [4.78, 5) is 28.2. The SMILES string of the molecule is CC(C)(C)N1CCc2c1cccc2N1C(=O)NC(=O)C1(C)C. The lowest BCUT2D eigenvalue weighted by Gasteiger charge is -2.35. The van der Waals surface area contributed by atoms with Crippen molar-refractivity contribution in [1.82, 2.24) is 5.32 Å². The van der Waals surface area contributed by atoms with E-state index in [1.54, 1.807) is 18.7 Å². The lowest BCUT2D eigenvalue weighted by Crippen LogP contribution is -2.44. The molecule has 22 heavy (non-hydrogen) atoms. The maximum atomic E-state index is 12.3. The predicted molar refractivity (Wildman–Crippen MR) is 87.3 cm³/mol. The highest BCUT2D eigenvalue weighted by atomic mass is 16.2. The molecule has 2 aliphatic rings. The Labute approximate surface area is 131 Å². The van der Waals surface area contributed by atoms with Gasteiger partial charge in [-0.15, -0.1) is 0 Å². The Morgan fingerprint density at radius 2 is 1.77 bits per heavy atom. The second kappa shape index (κ2) is 4.48. The highest BCUT2D eigenvalue weighted by molar-refractivity contribution is 6.17. The molecule has 3 amide bonds. The molecule has 5 nitrogen and oxygen atoms in total. The summed E-state index contributed by atoms with van der Waals surface area (Å²) in [6.45, 7) is 11.0. The monoisotopic (exact) mass is 301 g/mol. The maximum absolute atomic E-state index is 12.3. The molecule has 1 saturated heterocycles. The minimum absolute atomic E-state index is 0.0302. The molecule has 118 valence electrons. The number of hydrogen-bond acceptors (Lipinski definition) is 3. The van der Waals surface area contributed by atoms with Crippen LogP contribution in [0.5, 0.6) is 0 Å². The van der Waals surface area contributed by atoms with E-state index in [0.29, 0.717) is 0 Å². The zero-order chi connectivity index (χ0) is 16.3. The zero-order valence-electron chi connectivity index (χ0n) is 13.9. The summed E-state index contributed by atoms with van der Waals surface area (Å²) in [6, 6.07) is 5.66. The molecule has 0 unspecified atom stereocenters. The number of benzene rings is 1. The molecule has 0 atom stereocenters. The quantitative estimate of drug-likeness (QED) is 0.811. The number of carbonyl (C=O) groups excluding carboxylic acids is 2. The van der Waals surface area contributed by atoms with Crippen LogP contribution in [-0.4, -0.2) is 29.6 Å². The van der Waals surface area contributed by atoms with Crippen LogP contribution in [0.3, 0.4) is 0 Å². The molecule has 1 N–H and O–H groups in total. The number of fused-ring (bicyclic) bond motifs is 1. The van der Waals surface area contributed by atoms with E-state index in [2.05, 4.69) is 37.1 Å². The fourth-order valence-corrected chi connectivity index (χ4v) is 3.39. The zero-order valence-corrected chi connectivity index (χ0v) is 13.9. The van der Waals surface area contributed by atoms with Crippen molar-refractivity contribution < 1.29 is 9.59 Å². The minimum atomic E-state index is -0.860. The van der Waals surface area contributed by atoms with E-state index in [1.165, 1.54) is 0 Å². The van der Waals surface area contributed by atoms with Crippen LogP contribution in [0.15, 0.2) is 18.2 Å². The average Bonchev–Trinajstić information content (AvgIpc) is 2.89. The van der Waals surface area contributed by atoms with Gasteiger partial charge in [-0.25, -0.2) is 4.79 Å². The van der Waals surface area contributed by atoms with E-state index in [-0.39, 0.29) is 17.5 Å². The van der Waals surface area contributed by atoms with Gasteiger partial charge < -0.3 is 4.90 Å². The van der Waals surface area contributed by atoms with E-state index < -0.39 is 5.54 Å². The van der Waals surface area contributed by atoms with Crippen molar-refractivity contribution in [2.75, 3.05) is 16.3 Å². The second-order valence-electron chi connectivity index (χ2n) is 7.50. The van der Waals surface area contributed by atoms with Gasteiger partial charge in [0, 0.05) is 23.3 Å². The first-order chi connectivity index (χ1) is 10.1. The molecule has 3 rings (SSSR count). The number of hydrogen-bond donors (Lipinski definition) is 1. The van der Waals surface area contributed by atoms with Gasteiger partial charge in [-0.2, -0.15) is 0 Å². The van der Waals surface area contributed by atoms with Crippen LogP contribution in [0.2, 0.25) is 0 Å². The molecule has 2 heterocycles. The molecule has 2 aliphatic heterocycles. The van der Waals surface area contributed by atoms with E-state index in [9.17, 15) is 9.59 Å². The largest absolute Gasteiger partial charge is 0.366 e. The lowest BCUT2D eigenvalue weighted by molar-refractivity contribution is -0.122. The molecule has 1 aromatic rings. The number of nitrogens with zero attached hydrogens (tertiary/aromatic N) is 2. The van der Waals surface area contributed by atoms with Crippen LogP contribution in [0, 0.1) is 0 Å². The fourth-order valence-electron chi connectivity index (χ4n) is 3.39. The molecule has 0 aliphatic carbocycles. The van der Waals surface area contributed by atoms with E-state index in [1.807, 2.05) is 12.1 Å². The summed E-state index contributed by atoms with van der Waals surface area (Å²) in [5.41, 5.74) is 2.32. The molecule has 1 fully saturated rings. The van der Waals surface area contributed by atoms with Crippen molar-refractivity contribution in [2.45, 2.75) is 52.1 Å². The van der Waals surface area contributed by atoms with Gasteiger partial charge in [-0.1, -0.05) is 6.07 Å². The summed E-state index contributed by atoms with van der Waals surface area (Å²) >= 11 is 0. The van der Waals surface area contributed by atoms with Gasteiger partial charge in [0.05, 0.1) is 5.69 Å². The van der Waals surface area contributed by atoms with Gasteiger partial charge in [0.1, 0.15) is 5.54 Å². The molecular formula is C17H23N3O2. The van der Waals surface area contributed by atoms with Gasteiger partial charge in [0.25, 0.3) is 5.91 Å². The summed E-state index contributed by atoms with van der Waals surface area (Å²) in [7, 11) is 0. The Balaban J connectivity index is 2.10. The number of nitrogens with one attached hydrogen (secondary N) is 1. The standard InChI is InChI=1S/C17H23N3O2/c1-16(2,3)19-10-9-11-12(19)7-6-8-13(11)20-15(22)18-14(21)17(20,4)5/h6-8H,9-10H2,1-5H3,(H,18,21,22). The Morgan fingerprint density at radius 1 is 1.14 bits per heavy atom. The van der Waals surface area contributed by atoms with Gasteiger partial charge in [-0.3, -0.25) is 15.0 Å². The van der Waals surface area contributed by atoms with Crippen molar-refractivity contribution >= 4 is 23.3 Å². The number of amides is 3. The maximum Gasteiger partial charge on any atom is 0.329 e. The smallest absolute Gasteiger partial charge is 0.329 e. The third-order valence-corrected chi connectivity index (χ3v) is 4.59. The molecule has 0 spiro atoms. The summed E-state index contributed by atoms with van der Waals surface area (Å²) < 4.78 is 0. The van der Waals surface area contributed by atoms with Gasteiger partial charge in [0.15, 0.2) is 0 Å². The molecular weight excluding hydrogens is 278 g/mol. The third kappa shape index (κ3) is 1.99. The van der Waals surface area contributed by atoms with E-state index >= 15 is 0 Å². The average molecular weight is 301 g/mol. The van der Waals surface area contributed by atoms with Gasteiger partial charge >= 0.3 is 6.03 Å². The molecule has 1 aromatic carbocycles. The van der Waals surface area contributed by atoms with Crippen LogP contribution >= 0.6 is 0 Å². The number of carbonyl (C=O) groups is 2. The Bertz CT molecular complexity index is 658. The van der Waals surface area contributed by atoms with Crippen LogP contribution in [0.1, 0.15) is 40.2 Å². The number of urea groups is 1. The first kappa shape index (κ1) is 14.9. The van der Waals surface area contributed by atoms with Crippen LogP contribution in [0.25, 0.3) is 0 Å². The highest BCUT2D eigenvalue weighted by Gasteiger charge is 2.47. The Morgan fingerprint density at radius 3 is 2.32 bits per heavy atom. The predicted octanol–water partition coefficient (Wildman–Crippen LogP) is 2.68. The van der Waals surface area contributed by atoms with E-state index in [4.69, 9.17) is 0 Å². The minimum Gasteiger partial charge on any atom is -0.366 e. The first-order valence-electron chi connectivity index (χ1n) is 7.69. The highest BCUT2D eigenvalue weighted by Crippen LogP contribution is 2.41. The van der Waals surface area contributed by atoms with E-state index in [0.717, 1.165) is 29.9 Å². The van der Waals surface area contributed by atoms with Gasteiger partial charge in [-0.05, 0) is 53.2 Å². The molecule has 0 bridgehead atoms. The Hall–Kier alpha value is -2.04. The topological polar surface area (TPSA) is 52.6 Å². The lowest BCUT2D eigenvalue weighted by atomic mass is 10.0. The number of rotatable bonds is 1. The van der Waals surface area contributed by atoms with Gasteiger partial charge in [0.2, 0.25) is 0 Å². The van der Waals surface area contributed by atoms with Crippen LogP contribution < -0.4 is 15.1 Å². The molecule has 0 radical (unpaired) electrons. The molecule has 5 heteroatoms. The Kier molecular flexibility index (Phi) is 3.03. The van der Waals surface area contributed by atoms with Crippen LogP contribution in [0.4, 0.5) is 16.2 Å². The van der Waals surface area contributed by atoms with Crippen molar-refractivity contribution in [3.05, 3.63) is 23.8 Å². The third-order valence-electron chi connectivity index (χ3n) is 4.59. The molecule has 0 saturated carbocycles. The number of anilines is 2. The summed E-state index contributed by atoms with van der Waals surface area (Å²) in [5.74, 6) is -0.249. The molecule has 0 aromatic heterocycles. The van der Waals surface area contributed by atoms with Crippen molar-refractivity contribution in [1.29, 1.82) is 0 Å². The second-order valence-corrected chi connectivity index (χ2v) is 7.50. The number of imide groups is 1. The van der Waals surface area contributed by atoms with Crippen molar-refractivity contribution in [2.24, 2.45) is 0 Å². The normalized spacial score (nSPS) is 20.4.